The van der Waals surface area contributed by atoms with Gasteiger partial charge in [0.05, 0.1) is 16.6 Å². The zero-order valence-corrected chi connectivity index (χ0v) is 16.8. The first kappa shape index (κ1) is 17.2. The van der Waals surface area contributed by atoms with E-state index in [4.69, 9.17) is 15.2 Å². The van der Waals surface area contributed by atoms with Crippen molar-refractivity contribution < 1.29 is 14.6 Å². The Hall–Kier alpha value is -1.67. The fourth-order valence-electron chi connectivity index (χ4n) is 2.77. The number of benzene rings is 2. The molecule has 1 atom stereocenters. The van der Waals surface area contributed by atoms with Gasteiger partial charge in [0.2, 0.25) is 5.88 Å². The lowest BCUT2D eigenvalue weighted by molar-refractivity contribution is 0.382. The molecule has 0 bridgehead atoms. The lowest BCUT2D eigenvalue weighted by atomic mass is 9.83. The van der Waals surface area contributed by atoms with E-state index >= 15 is 0 Å². The Labute approximate surface area is 166 Å². The van der Waals surface area contributed by atoms with Crippen LogP contribution in [-0.2, 0) is 0 Å². The molecule has 0 aromatic heterocycles. The number of methoxy groups -OCH3 is 1. The van der Waals surface area contributed by atoms with Gasteiger partial charge in [-0.25, -0.2) is 0 Å². The lowest BCUT2D eigenvalue weighted by Crippen LogP contribution is -2.21. The number of rotatable bonds is 2. The minimum atomic E-state index is -0.419. The van der Waals surface area contributed by atoms with Crippen LogP contribution in [0.1, 0.15) is 17.0 Å². The minimum absolute atomic E-state index is 0.0384. The summed E-state index contributed by atoms with van der Waals surface area (Å²) in [5.41, 5.74) is 7.88. The van der Waals surface area contributed by atoms with Gasteiger partial charge in [-0.3, -0.25) is 0 Å². The van der Waals surface area contributed by atoms with Gasteiger partial charge in [0.15, 0.2) is 0 Å². The number of hydrogen-bond acceptors (Lipinski definition) is 5. The van der Waals surface area contributed by atoms with Gasteiger partial charge in [0.25, 0.3) is 0 Å². The quantitative estimate of drug-likeness (QED) is 0.560. The number of nitrogens with zero attached hydrogens (tertiary/aromatic N) is 1. The Morgan fingerprint density at radius 2 is 2.00 bits per heavy atom. The van der Waals surface area contributed by atoms with Gasteiger partial charge >= 0.3 is 0 Å². The maximum absolute atomic E-state index is 9.71. The van der Waals surface area contributed by atoms with Crippen molar-refractivity contribution in [1.82, 2.24) is 0 Å². The van der Waals surface area contributed by atoms with E-state index in [-0.39, 0.29) is 11.6 Å². The molecule has 122 valence electrons. The summed E-state index contributed by atoms with van der Waals surface area (Å²) in [7, 11) is 1.60. The first-order chi connectivity index (χ1) is 11.5. The number of nitriles is 1. The molecule has 0 aliphatic carbocycles. The van der Waals surface area contributed by atoms with Crippen molar-refractivity contribution in [3.63, 3.8) is 0 Å². The fourth-order valence-corrected chi connectivity index (χ4v) is 4.88. The number of ether oxygens (including phenoxy) is 2. The van der Waals surface area contributed by atoms with E-state index in [1.54, 1.807) is 19.2 Å². The average molecular weight is 546 g/mol. The number of halogens is 2. The Morgan fingerprint density at radius 3 is 2.67 bits per heavy atom. The standard InChI is InChI=1S/C17H12I2N2O3/c1-23-16-11(4-8(18)5-13(16)19)15-10-3-2-9(22)6-14(10)24-17(21)12(15)7-20/h2-6,15,22H,21H2,1H3/t15-/m0/s1. The average Bonchev–Trinajstić information content (AvgIpc) is 2.52. The van der Waals surface area contributed by atoms with Crippen molar-refractivity contribution in [2.45, 2.75) is 5.92 Å². The zero-order chi connectivity index (χ0) is 17.4. The molecule has 0 unspecified atom stereocenters. The van der Waals surface area contributed by atoms with Crippen molar-refractivity contribution in [3.8, 4) is 23.3 Å². The summed E-state index contributed by atoms with van der Waals surface area (Å²) in [5, 5.41) is 19.3. The molecule has 24 heavy (non-hydrogen) atoms. The van der Waals surface area contributed by atoms with Crippen molar-refractivity contribution in [2.75, 3.05) is 7.11 Å². The maximum Gasteiger partial charge on any atom is 0.205 e. The van der Waals surface area contributed by atoms with Gasteiger partial charge in [-0.15, -0.1) is 0 Å². The van der Waals surface area contributed by atoms with Crippen LogP contribution < -0.4 is 15.2 Å². The van der Waals surface area contributed by atoms with E-state index in [2.05, 4.69) is 51.3 Å². The number of phenols is 1. The van der Waals surface area contributed by atoms with Crippen molar-refractivity contribution in [3.05, 3.63) is 60.1 Å². The summed E-state index contributed by atoms with van der Waals surface area (Å²) in [6.45, 7) is 0. The number of allylic oxidation sites excluding steroid dienone is 1. The van der Waals surface area contributed by atoms with E-state index in [1.807, 2.05) is 12.1 Å². The minimum Gasteiger partial charge on any atom is -0.508 e. The zero-order valence-electron chi connectivity index (χ0n) is 12.5. The van der Waals surface area contributed by atoms with Crippen LogP contribution in [0.2, 0.25) is 0 Å². The lowest BCUT2D eigenvalue weighted by Gasteiger charge is -2.28. The number of hydrogen-bond donors (Lipinski definition) is 2. The van der Waals surface area contributed by atoms with Crippen LogP contribution in [0.5, 0.6) is 17.2 Å². The fraction of sp³-hybridized carbons (Fsp3) is 0.118. The highest BCUT2D eigenvalue weighted by molar-refractivity contribution is 14.1. The molecule has 2 aromatic rings. The van der Waals surface area contributed by atoms with Gasteiger partial charge in [-0.2, -0.15) is 5.26 Å². The van der Waals surface area contributed by atoms with Gasteiger partial charge in [-0.05, 0) is 63.4 Å². The Morgan fingerprint density at radius 1 is 1.25 bits per heavy atom. The Bertz CT molecular complexity index is 903. The summed E-state index contributed by atoms with van der Waals surface area (Å²) in [5.74, 6) is 0.828. The maximum atomic E-state index is 9.71. The van der Waals surface area contributed by atoms with E-state index in [0.29, 0.717) is 17.1 Å². The van der Waals surface area contributed by atoms with Crippen molar-refractivity contribution >= 4 is 45.2 Å². The molecular weight excluding hydrogens is 534 g/mol. The third-order valence-corrected chi connectivity index (χ3v) is 5.18. The largest absolute Gasteiger partial charge is 0.508 e. The Balaban J connectivity index is 2.32. The van der Waals surface area contributed by atoms with Gasteiger partial charge < -0.3 is 20.3 Å². The van der Waals surface area contributed by atoms with Crippen LogP contribution >= 0.6 is 45.2 Å². The van der Waals surface area contributed by atoms with Crippen LogP contribution in [0.15, 0.2) is 41.8 Å². The molecule has 5 nitrogen and oxygen atoms in total. The first-order valence-corrected chi connectivity index (χ1v) is 9.05. The molecule has 1 aliphatic rings. The molecular formula is C17H12I2N2O3. The van der Waals surface area contributed by atoms with Gasteiger partial charge in [0, 0.05) is 20.8 Å². The van der Waals surface area contributed by atoms with Crippen LogP contribution in [0.3, 0.4) is 0 Å². The third kappa shape index (κ3) is 2.88. The van der Waals surface area contributed by atoms with Crippen LogP contribution in [0.4, 0.5) is 0 Å². The topological polar surface area (TPSA) is 88.5 Å². The SMILES string of the molecule is COc1c(I)cc(I)cc1[C@H]1C(C#N)=C(N)Oc2cc(O)ccc21. The first-order valence-electron chi connectivity index (χ1n) is 6.89. The summed E-state index contributed by atoms with van der Waals surface area (Å²) in [6, 6.07) is 10.9. The highest BCUT2D eigenvalue weighted by Gasteiger charge is 2.33. The van der Waals surface area contributed by atoms with Crippen LogP contribution in [0.25, 0.3) is 0 Å². The Kier molecular flexibility index (Phi) is 4.78. The van der Waals surface area contributed by atoms with Gasteiger partial charge in [0.1, 0.15) is 28.9 Å². The van der Waals surface area contributed by atoms with Crippen molar-refractivity contribution in [2.24, 2.45) is 5.73 Å². The van der Waals surface area contributed by atoms with Crippen molar-refractivity contribution in [1.29, 1.82) is 5.26 Å². The number of nitrogens with two attached hydrogens (primary N) is 1. The molecule has 3 rings (SSSR count). The highest BCUT2D eigenvalue weighted by atomic mass is 127. The number of phenolic OH excluding ortho intramolecular Hbond substituents is 1. The van der Waals surface area contributed by atoms with E-state index in [1.165, 1.54) is 6.07 Å². The van der Waals surface area contributed by atoms with Crippen LogP contribution in [0, 0.1) is 18.5 Å². The molecule has 0 radical (unpaired) electrons. The number of aromatic hydroxyl groups is 1. The highest BCUT2D eigenvalue weighted by Crippen LogP contribution is 2.47. The molecule has 2 aromatic carbocycles. The normalized spacial score (nSPS) is 16.2. The molecule has 7 heteroatoms. The molecule has 0 amide bonds. The summed E-state index contributed by atoms with van der Waals surface area (Å²) < 4.78 is 13.1. The van der Waals surface area contributed by atoms with E-state index < -0.39 is 5.92 Å². The summed E-state index contributed by atoms with van der Waals surface area (Å²) >= 11 is 4.43. The molecule has 1 aliphatic heterocycles. The second-order valence-electron chi connectivity index (χ2n) is 5.16. The third-order valence-electron chi connectivity index (χ3n) is 3.75. The summed E-state index contributed by atoms with van der Waals surface area (Å²) in [4.78, 5) is 0. The number of fused-ring (bicyclic) bond motifs is 1. The second kappa shape index (κ2) is 6.68. The molecule has 0 spiro atoms. The van der Waals surface area contributed by atoms with E-state index in [0.717, 1.165) is 18.3 Å². The predicted molar refractivity (Wildman–Crippen MR) is 106 cm³/mol. The molecule has 0 fully saturated rings. The van der Waals surface area contributed by atoms with Gasteiger partial charge in [-0.1, -0.05) is 6.07 Å². The summed E-state index contributed by atoms with van der Waals surface area (Å²) in [6.07, 6.45) is 0. The smallest absolute Gasteiger partial charge is 0.205 e. The molecule has 3 N–H and O–H groups in total. The monoisotopic (exact) mass is 546 g/mol. The van der Waals surface area contributed by atoms with Crippen LogP contribution in [-0.4, -0.2) is 12.2 Å². The molecule has 0 saturated carbocycles. The second-order valence-corrected chi connectivity index (χ2v) is 7.56. The van der Waals surface area contributed by atoms with E-state index in [9.17, 15) is 10.4 Å². The molecule has 0 saturated heterocycles. The molecule has 1 heterocycles. The predicted octanol–water partition coefficient (Wildman–Crippen LogP) is 3.83.